The number of alkyl halides is 2. The van der Waals surface area contributed by atoms with E-state index in [2.05, 4.69) is 15.6 Å². The highest BCUT2D eigenvalue weighted by Gasteiger charge is 2.50. The Morgan fingerprint density at radius 3 is 2.51 bits per heavy atom. The van der Waals surface area contributed by atoms with Crippen molar-refractivity contribution >= 4 is 47.8 Å². The van der Waals surface area contributed by atoms with Crippen LogP contribution in [0.2, 0.25) is 0 Å². The summed E-state index contributed by atoms with van der Waals surface area (Å²) in [6, 6.07) is 14.9. The molecule has 0 radical (unpaired) electrons. The molecule has 4 amide bonds. The number of aromatic nitrogens is 1. The van der Waals surface area contributed by atoms with Gasteiger partial charge in [-0.1, -0.05) is 54.1 Å². The molecule has 3 aromatic carbocycles. The molecule has 0 saturated carbocycles. The standard InChI is InChI=1S/C37H40F2N5O8P/c1-20-6-8-22(9-7-20)19-52-21(2)27(14-15-32(40)45)42-35(47)31-18-24-5-3-4-23-10-12-29(36(48)44(31)33(23)24)43-34(46)30-17-25-16-26(11-13-28(25)41-30)37(38,39)53(49,50)51/h3-9,11,13,16-17,21,27,29,31,41H,10,12,14-15,18-19H2,1-2H3,(H2,40,45)(H,42,47)(H,43,46)(H2,49,50,51)/t21-,27+,29+,31+/m1/s1. The average molecular weight is 752 g/mol. The molecule has 53 heavy (non-hydrogen) atoms. The molecule has 6 rings (SSSR count). The van der Waals surface area contributed by atoms with Crippen molar-refractivity contribution in [1.82, 2.24) is 15.6 Å². The fraction of sp³-hybridized carbons (Fsp3) is 0.351. The zero-order chi connectivity index (χ0) is 38.2. The number of hydrogen-bond acceptors (Lipinski definition) is 6. The highest BCUT2D eigenvalue weighted by Crippen LogP contribution is 2.59. The van der Waals surface area contributed by atoms with Crippen molar-refractivity contribution < 1.29 is 47.0 Å². The predicted molar refractivity (Wildman–Crippen MR) is 191 cm³/mol. The summed E-state index contributed by atoms with van der Waals surface area (Å²) in [5.41, 5.74) is 4.54. The molecule has 1 aromatic heterocycles. The number of anilines is 1. The zero-order valence-corrected chi connectivity index (χ0v) is 29.9. The van der Waals surface area contributed by atoms with Crippen molar-refractivity contribution in [1.29, 1.82) is 0 Å². The van der Waals surface area contributed by atoms with Gasteiger partial charge in [-0.15, -0.1) is 0 Å². The van der Waals surface area contributed by atoms with Crippen molar-refractivity contribution in [3.8, 4) is 0 Å². The minimum absolute atomic E-state index is 0.00383. The molecule has 0 spiro atoms. The van der Waals surface area contributed by atoms with Crippen LogP contribution in [0, 0.1) is 6.92 Å². The summed E-state index contributed by atoms with van der Waals surface area (Å²) in [6.45, 7) is 4.04. The Balaban J connectivity index is 1.20. The molecule has 0 aliphatic carbocycles. The van der Waals surface area contributed by atoms with Crippen molar-refractivity contribution in [3.05, 3.63) is 100 Å². The number of carbonyl (C=O) groups is 4. The highest BCUT2D eigenvalue weighted by molar-refractivity contribution is 7.52. The summed E-state index contributed by atoms with van der Waals surface area (Å²) in [5.74, 6) is -2.24. The number of nitrogens with zero attached hydrogens (tertiary/aromatic N) is 1. The van der Waals surface area contributed by atoms with Crippen LogP contribution in [0.5, 0.6) is 0 Å². The molecule has 4 atom stereocenters. The van der Waals surface area contributed by atoms with E-state index in [1.165, 1.54) is 17.0 Å². The van der Waals surface area contributed by atoms with E-state index in [-0.39, 0.29) is 48.9 Å². The fourth-order valence-corrected chi connectivity index (χ4v) is 7.33. The molecular formula is C37H40F2N5O8P. The van der Waals surface area contributed by atoms with E-state index in [0.717, 1.165) is 34.4 Å². The van der Waals surface area contributed by atoms with Crippen LogP contribution in [0.15, 0.2) is 66.7 Å². The monoisotopic (exact) mass is 751 g/mol. The van der Waals surface area contributed by atoms with E-state index in [1.54, 1.807) is 6.92 Å². The van der Waals surface area contributed by atoms with Gasteiger partial charge in [0.25, 0.3) is 5.91 Å². The maximum Gasteiger partial charge on any atom is 0.399 e. The van der Waals surface area contributed by atoms with E-state index in [0.29, 0.717) is 12.1 Å². The first kappa shape index (κ1) is 37.8. The summed E-state index contributed by atoms with van der Waals surface area (Å²) < 4.78 is 46.2. The van der Waals surface area contributed by atoms with Gasteiger partial charge in [-0.05, 0) is 68.0 Å². The molecule has 0 unspecified atom stereocenters. The van der Waals surface area contributed by atoms with Gasteiger partial charge in [0.2, 0.25) is 17.7 Å². The quantitative estimate of drug-likeness (QED) is 0.110. The summed E-state index contributed by atoms with van der Waals surface area (Å²) in [6.07, 6.45) is 0.499. The van der Waals surface area contributed by atoms with Gasteiger partial charge < -0.3 is 35.9 Å². The number of rotatable bonds is 13. The smallest absolute Gasteiger partial charge is 0.372 e. The summed E-state index contributed by atoms with van der Waals surface area (Å²) in [4.78, 5) is 76.1. The molecular weight excluding hydrogens is 711 g/mol. The first-order valence-corrected chi connectivity index (χ1v) is 18.7. The predicted octanol–water partition coefficient (Wildman–Crippen LogP) is 4.06. The second kappa shape index (κ2) is 14.8. The molecule has 7 N–H and O–H groups in total. The van der Waals surface area contributed by atoms with Crippen LogP contribution in [0.3, 0.4) is 0 Å². The number of fused-ring (bicyclic) bond motifs is 1. The van der Waals surface area contributed by atoms with Crippen molar-refractivity contribution in [2.75, 3.05) is 4.90 Å². The number of primary amides is 1. The first-order chi connectivity index (χ1) is 25.0. The minimum Gasteiger partial charge on any atom is -0.372 e. The third-order valence-corrected chi connectivity index (χ3v) is 10.8. The van der Waals surface area contributed by atoms with Crippen LogP contribution < -0.4 is 21.3 Å². The van der Waals surface area contributed by atoms with Crippen LogP contribution in [0.4, 0.5) is 14.5 Å². The van der Waals surface area contributed by atoms with E-state index in [4.69, 9.17) is 20.3 Å². The maximum atomic E-state index is 14.4. The number of nitrogens with two attached hydrogens (primary N) is 1. The Kier molecular flexibility index (Phi) is 10.6. The Morgan fingerprint density at radius 2 is 1.81 bits per heavy atom. The first-order valence-electron chi connectivity index (χ1n) is 17.1. The van der Waals surface area contributed by atoms with Crippen LogP contribution in [-0.4, -0.2) is 62.6 Å². The minimum atomic E-state index is -5.81. The van der Waals surface area contributed by atoms with Gasteiger partial charge in [-0.3, -0.25) is 28.6 Å². The van der Waals surface area contributed by atoms with Crippen molar-refractivity contribution in [2.24, 2.45) is 5.73 Å². The molecule has 0 fully saturated rings. The molecule has 0 bridgehead atoms. The summed E-state index contributed by atoms with van der Waals surface area (Å²) >= 11 is 0. The highest BCUT2D eigenvalue weighted by atomic mass is 31.2. The maximum absolute atomic E-state index is 14.4. The number of H-pyrrole nitrogens is 1. The lowest BCUT2D eigenvalue weighted by atomic mass is 10.0. The van der Waals surface area contributed by atoms with Crippen LogP contribution in [-0.2, 0) is 48.8 Å². The average Bonchev–Trinajstić information content (AvgIpc) is 3.69. The van der Waals surface area contributed by atoms with Crippen LogP contribution in [0.25, 0.3) is 10.9 Å². The summed E-state index contributed by atoms with van der Waals surface area (Å²) in [7, 11) is -5.81. The molecule has 4 aromatic rings. The van der Waals surface area contributed by atoms with Gasteiger partial charge in [-0.2, -0.15) is 8.78 Å². The topological polar surface area (TPSA) is 204 Å². The number of nitrogens with one attached hydrogen (secondary N) is 3. The molecule has 0 saturated heterocycles. The Bertz CT molecular complexity index is 2120. The van der Waals surface area contributed by atoms with Gasteiger partial charge in [0, 0.05) is 29.3 Å². The largest absolute Gasteiger partial charge is 0.399 e. The van der Waals surface area contributed by atoms with E-state index in [1.807, 2.05) is 49.4 Å². The van der Waals surface area contributed by atoms with Gasteiger partial charge in [0.1, 0.15) is 17.8 Å². The van der Waals surface area contributed by atoms with Crippen LogP contribution in [0.1, 0.15) is 64.5 Å². The van der Waals surface area contributed by atoms with Crippen molar-refractivity contribution in [3.63, 3.8) is 0 Å². The summed E-state index contributed by atoms with van der Waals surface area (Å²) in [5, 5.41) is 5.83. The Labute approximate surface area is 303 Å². The third kappa shape index (κ3) is 7.88. The second-order valence-electron chi connectivity index (χ2n) is 13.6. The van der Waals surface area contributed by atoms with Gasteiger partial charge >= 0.3 is 13.3 Å². The second-order valence-corrected chi connectivity index (χ2v) is 15.3. The zero-order valence-electron chi connectivity index (χ0n) is 29.0. The van der Waals surface area contributed by atoms with Gasteiger partial charge in [-0.25, -0.2) is 0 Å². The SMILES string of the molecule is Cc1ccc(CO[C@H](C)[C@H](CCC(N)=O)NC(=O)[C@@H]2Cc3cccc4c3N2C(=O)[C@@H](NC(=O)c2cc3cc(C(F)(F)P(=O)(O)O)ccc3[nH]2)CC4)cc1. The van der Waals surface area contributed by atoms with Crippen molar-refractivity contribution in [2.45, 2.75) is 82.5 Å². The third-order valence-electron chi connectivity index (χ3n) is 9.82. The lowest BCUT2D eigenvalue weighted by Gasteiger charge is -2.31. The normalized spacial score (nSPS) is 18.3. The van der Waals surface area contributed by atoms with Crippen LogP contribution >= 0.6 is 7.60 Å². The van der Waals surface area contributed by atoms with E-state index in [9.17, 15) is 32.5 Å². The molecule has 13 nitrogen and oxygen atoms in total. The van der Waals surface area contributed by atoms with Gasteiger partial charge in [0.15, 0.2) is 0 Å². The fourth-order valence-electron chi connectivity index (χ4n) is 6.85. The number of halogens is 2. The molecule has 2 aliphatic heterocycles. The Hall–Kier alpha value is -4.95. The molecule has 2 aliphatic rings. The van der Waals surface area contributed by atoms with E-state index >= 15 is 0 Å². The van der Waals surface area contributed by atoms with E-state index < -0.39 is 66.7 Å². The lowest BCUT2D eigenvalue weighted by Crippen LogP contribution is -2.56. The van der Waals surface area contributed by atoms with Gasteiger partial charge in [0.05, 0.1) is 24.4 Å². The number of hydrogen-bond donors (Lipinski definition) is 6. The molecule has 280 valence electrons. The molecule has 3 heterocycles. The number of aromatic amines is 1. The number of carbonyl (C=O) groups excluding carboxylic acids is 4. The number of benzene rings is 3. The Morgan fingerprint density at radius 1 is 1.09 bits per heavy atom. The molecule has 16 heteroatoms. The number of amides is 4. The number of para-hydroxylation sites is 1. The lowest BCUT2D eigenvalue weighted by molar-refractivity contribution is -0.128. The number of aryl methyl sites for hydroxylation is 2. The number of ether oxygens (including phenoxy) is 1.